The Labute approximate surface area is 172 Å². The Balaban J connectivity index is 1.69. The summed E-state index contributed by atoms with van der Waals surface area (Å²) in [5.74, 6) is 6.03. The maximum absolute atomic E-state index is 14.6. The third kappa shape index (κ3) is 5.70. The van der Waals surface area contributed by atoms with Crippen LogP contribution in [0.5, 0.6) is 5.75 Å². The molecule has 0 N–H and O–H groups in total. The van der Waals surface area contributed by atoms with E-state index >= 15 is 0 Å². The van der Waals surface area contributed by atoms with Gasteiger partial charge in [0.2, 0.25) is 0 Å². The molecule has 0 radical (unpaired) electrons. The van der Waals surface area contributed by atoms with E-state index in [2.05, 4.69) is 18.4 Å². The van der Waals surface area contributed by atoms with Crippen LogP contribution in [-0.2, 0) is 0 Å². The van der Waals surface area contributed by atoms with Crippen LogP contribution in [0.1, 0.15) is 68.1 Å². The molecule has 0 heterocycles. The van der Waals surface area contributed by atoms with E-state index in [0.717, 1.165) is 43.4 Å². The molecule has 0 saturated heterocycles. The summed E-state index contributed by atoms with van der Waals surface area (Å²) in [6, 6.07) is 10.1. The number of ether oxygens (including phenoxy) is 1. The molecule has 152 valence electrons. The van der Waals surface area contributed by atoms with Crippen molar-refractivity contribution in [3.8, 4) is 17.6 Å². The molecular weight excluding hydrogens is 366 g/mol. The highest BCUT2D eigenvalue weighted by atomic mass is 19.1. The van der Waals surface area contributed by atoms with Gasteiger partial charge in [0.15, 0.2) is 0 Å². The zero-order chi connectivity index (χ0) is 20.6. The Kier molecular flexibility index (Phi) is 7.47. The van der Waals surface area contributed by atoms with Crippen LogP contribution in [0.3, 0.4) is 0 Å². The predicted molar refractivity (Wildman–Crippen MR) is 114 cm³/mol. The summed E-state index contributed by atoms with van der Waals surface area (Å²) >= 11 is 0. The fourth-order valence-electron chi connectivity index (χ4n) is 4.02. The van der Waals surface area contributed by atoms with Crippen LogP contribution in [0.2, 0.25) is 0 Å². The summed E-state index contributed by atoms with van der Waals surface area (Å²) in [5.41, 5.74) is 1.28. The molecule has 0 bridgehead atoms. The molecule has 3 rings (SSSR count). The van der Waals surface area contributed by atoms with Crippen molar-refractivity contribution < 1.29 is 13.5 Å². The number of benzene rings is 2. The molecule has 0 unspecified atom stereocenters. The van der Waals surface area contributed by atoms with E-state index in [1.54, 1.807) is 24.3 Å². The van der Waals surface area contributed by atoms with Gasteiger partial charge >= 0.3 is 0 Å². The molecule has 1 fully saturated rings. The molecule has 2 aromatic carbocycles. The maximum Gasteiger partial charge on any atom is 0.142 e. The Morgan fingerprint density at radius 3 is 2.28 bits per heavy atom. The standard InChI is InChI=1S/C26H28F2O/c1-3-5-6-19-7-12-21(13-8-19)22-17-25(27)24(26(28)18-22)16-11-20-9-14-23(15-10-20)29-4-2/h3,9-10,14-15,17-19,21H,1,4-8,12-13H2,2H3/t19-,21-. The SMILES string of the molecule is C=CCC[C@H]1CC[C@H](c2cc(F)c(C#Cc3ccc(OCC)cc3)c(F)c2)CC1. The topological polar surface area (TPSA) is 9.23 Å². The number of hydrogen-bond donors (Lipinski definition) is 0. The minimum absolute atomic E-state index is 0.165. The minimum Gasteiger partial charge on any atom is -0.494 e. The van der Waals surface area contributed by atoms with Gasteiger partial charge in [0.1, 0.15) is 17.4 Å². The fourth-order valence-corrected chi connectivity index (χ4v) is 4.02. The lowest BCUT2D eigenvalue weighted by Gasteiger charge is -2.28. The second-order valence-corrected chi connectivity index (χ2v) is 7.65. The Morgan fingerprint density at radius 1 is 1.03 bits per heavy atom. The normalized spacial score (nSPS) is 18.6. The van der Waals surface area contributed by atoms with Gasteiger partial charge in [0.25, 0.3) is 0 Å². The molecule has 0 aromatic heterocycles. The van der Waals surface area contributed by atoms with Crippen LogP contribution >= 0.6 is 0 Å². The molecule has 1 aliphatic carbocycles. The zero-order valence-corrected chi connectivity index (χ0v) is 17.0. The highest BCUT2D eigenvalue weighted by molar-refractivity contribution is 5.46. The number of halogens is 2. The number of hydrogen-bond acceptors (Lipinski definition) is 1. The van der Waals surface area contributed by atoms with Gasteiger partial charge in [-0.05, 0) is 99.2 Å². The molecule has 29 heavy (non-hydrogen) atoms. The predicted octanol–water partition coefficient (Wildman–Crippen LogP) is 7.00. The van der Waals surface area contributed by atoms with Crippen LogP contribution in [0.4, 0.5) is 8.78 Å². The summed E-state index contributed by atoms with van der Waals surface area (Å²) in [7, 11) is 0. The van der Waals surface area contributed by atoms with Gasteiger partial charge in [0.05, 0.1) is 12.2 Å². The second-order valence-electron chi connectivity index (χ2n) is 7.65. The van der Waals surface area contributed by atoms with Crippen molar-refractivity contribution in [3.05, 3.63) is 77.4 Å². The summed E-state index contributed by atoms with van der Waals surface area (Å²) in [6.07, 6.45) is 8.36. The van der Waals surface area contributed by atoms with Crippen LogP contribution in [-0.4, -0.2) is 6.61 Å². The van der Waals surface area contributed by atoms with Crippen molar-refractivity contribution >= 4 is 0 Å². The van der Waals surface area contributed by atoms with Crippen molar-refractivity contribution in [3.63, 3.8) is 0 Å². The molecule has 2 aromatic rings. The molecule has 0 atom stereocenters. The summed E-state index contributed by atoms with van der Waals surface area (Å²) in [6.45, 7) is 6.28. The van der Waals surface area contributed by atoms with Crippen molar-refractivity contribution in [1.82, 2.24) is 0 Å². The molecular formula is C26H28F2O. The van der Waals surface area contributed by atoms with E-state index in [0.29, 0.717) is 18.1 Å². The molecule has 1 aliphatic rings. The third-order valence-electron chi connectivity index (χ3n) is 5.66. The van der Waals surface area contributed by atoms with Crippen molar-refractivity contribution in [1.29, 1.82) is 0 Å². The van der Waals surface area contributed by atoms with E-state index in [1.807, 2.05) is 13.0 Å². The highest BCUT2D eigenvalue weighted by Gasteiger charge is 2.23. The Hall–Kier alpha value is -2.60. The number of allylic oxidation sites excluding steroid dienone is 1. The quantitative estimate of drug-likeness (QED) is 0.378. The first kappa shape index (κ1) is 21.1. The Morgan fingerprint density at radius 2 is 1.69 bits per heavy atom. The van der Waals surface area contributed by atoms with Gasteiger partial charge in [-0.15, -0.1) is 6.58 Å². The van der Waals surface area contributed by atoms with E-state index in [4.69, 9.17) is 4.74 Å². The molecule has 0 amide bonds. The zero-order valence-electron chi connectivity index (χ0n) is 17.0. The second kappa shape index (κ2) is 10.3. The highest BCUT2D eigenvalue weighted by Crippen LogP contribution is 2.38. The third-order valence-corrected chi connectivity index (χ3v) is 5.66. The van der Waals surface area contributed by atoms with Crippen molar-refractivity contribution in [2.45, 2.75) is 51.4 Å². The molecule has 1 saturated carbocycles. The molecule has 1 nitrogen and oxygen atoms in total. The largest absolute Gasteiger partial charge is 0.494 e. The molecule has 3 heteroatoms. The van der Waals surface area contributed by atoms with Gasteiger partial charge in [-0.25, -0.2) is 8.78 Å². The summed E-state index contributed by atoms with van der Waals surface area (Å²) in [5, 5.41) is 0. The van der Waals surface area contributed by atoms with E-state index < -0.39 is 11.6 Å². The first-order valence-corrected chi connectivity index (χ1v) is 10.5. The van der Waals surface area contributed by atoms with Crippen LogP contribution in [0.25, 0.3) is 0 Å². The Bertz CT molecular complexity index is 858. The van der Waals surface area contributed by atoms with Gasteiger partial charge in [-0.3, -0.25) is 0 Å². The first-order valence-electron chi connectivity index (χ1n) is 10.5. The summed E-state index contributed by atoms with van der Waals surface area (Å²) < 4.78 is 34.6. The van der Waals surface area contributed by atoms with Gasteiger partial charge in [-0.1, -0.05) is 17.9 Å². The average Bonchev–Trinajstić information content (AvgIpc) is 2.73. The lowest BCUT2D eigenvalue weighted by molar-refractivity contribution is 0.311. The minimum atomic E-state index is -0.577. The van der Waals surface area contributed by atoms with Crippen LogP contribution in [0, 0.1) is 29.4 Å². The lowest BCUT2D eigenvalue weighted by atomic mass is 9.77. The first-order chi connectivity index (χ1) is 14.1. The van der Waals surface area contributed by atoms with Gasteiger partial charge in [-0.2, -0.15) is 0 Å². The van der Waals surface area contributed by atoms with Crippen molar-refractivity contribution in [2.24, 2.45) is 5.92 Å². The summed E-state index contributed by atoms with van der Waals surface area (Å²) in [4.78, 5) is 0. The smallest absolute Gasteiger partial charge is 0.142 e. The fraction of sp³-hybridized carbons (Fsp3) is 0.385. The lowest BCUT2D eigenvalue weighted by Crippen LogP contribution is -2.14. The van der Waals surface area contributed by atoms with E-state index in [9.17, 15) is 8.78 Å². The van der Waals surface area contributed by atoms with Crippen molar-refractivity contribution in [2.75, 3.05) is 6.61 Å². The molecule has 0 aliphatic heterocycles. The van der Waals surface area contributed by atoms with Gasteiger partial charge < -0.3 is 4.74 Å². The van der Waals surface area contributed by atoms with Crippen LogP contribution in [0.15, 0.2) is 49.1 Å². The molecule has 0 spiro atoms. The average molecular weight is 395 g/mol. The van der Waals surface area contributed by atoms with E-state index in [1.165, 1.54) is 18.6 Å². The van der Waals surface area contributed by atoms with Crippen LogP contribution < -0.4 is 4.74 Å². The number of rotatable bonds is 6. The van der Waals surface area contributed by atoms with Gasteiger partial charge in [0, 0.05) is 5.56 Å². The maximum atomic E-state index is 14.6. The monoisotopic (exact) mass is 394 g/mol. The van der Waals surface area contributed by atoms with E-state index in [-0.39, 0.29) is 11.5 Å².